The second-order valence-corrected chi connectivity index (χ2v) is 10.6. The lowest BCUT2D eigenvalue weighted by Crippen LogP contribution is -2.36. The summed E-state index contributed by atoms with van der Waals surface area (Å²) in [7, 11) is 1.43. The Morgan fingerprint density at radius 2 is 1.88 bits per heavy atom. The van der Waals surface area contributed by atoms with Crippen LogP contribution in [0.1, 0.15) is 107 Å². The molecule has 5 heteroatoms. The molecule has 2 aliphatic rings. The van der Waals surface area contributed by atoms with Gasteiger partial charge < -0.3 is 14.9 Å². The van der Waals surface area contributed by atoms with Gasteiger partial charge >= 0.3 is 5.97 Å². The van der Waals surface area contributed by atoms with Crippen molar-refractivity contribution >= 4 is 17.6 Å². The second-order valence-electron chi connectivity index (χ2n) is 10.1. The summed E-state index contributed by atoms with van der Waals surface area (Å²) in [6, 6.07) is 8.33. The maximum absolute atomic E-state index is 11.2. The third-order valence-corrected chi connectivity index (χ3v) is 8.52. The first-order valence-corrected chi connectivity index (χ1v) is 13.0. The number of carbonyl (C=O) groups is 1. The maximum Gasteiger partial charge on any atom is 0.305 e. The van der Waals surface area contributed by atoms with E-state index in [-0.39, 0.29) is 28.6 Å². The molecule has 0 saturated heterocycles. The number of halogens is 1. The highest BCUT2D eigenvalue weighted by molar-refractivity contribution is 6.21. The van der Waals surface area contributed by atoms with Crippen LogP contribution >= 0.6 is 11.6 Å². The molecule has 1 unspecified atom stereocenters. The predicted octanol–water partition coefficient (Wildman–Crippen LogP) is 6.28. The van der Waals surface area contributed by atoms with Gasteiger partial charge in [-0.05, 0) is 55.6 Å². The van der Waals surface area contributed by atoms with E-state index < -0.39 is 12.2 Å². The largest absolute Gasteiger partial charge is 0.469 e. The summed E-state index contributed by atoms with van der Waals surface area (Å²) in [6.07, 6.45) is 10.9. The van der Waals surface area contributed by atoms with Gasteiger partial charge in [0.15, 0.2) is 0 Å². The molecule has 0 aromatic heterocycles. The summed E-state index contributed by atoms with van der Waals surface area (Å²) in [4.78, 5) is 11.2. The molecule has 32 heavy (non-hydrogen) atoms. The average molecular weight is 465 g/mol. The van der Waals surface area contributed by atoms with Crippen LogP contribution in [-0.4, -0.2) is 34.8 Å². The van der Waals surface area contributed by atoms with Gasteiger partial charge in [-0.2, -0.15) is 0 Å². The lowest BCUT2D eigenvalue weighted by molar-refractivity contribution is -0.140. The molecule has 5 atom stereocenters. The molecule has 0 radical (unpaired) electrons. The molecule has 1 aromatic carbocycles. The maximum atomic E-state index is 11.2. The molecule has 180 valence electrons. The first-order chi connectivity index (χ1) is 15.4. The fourth-order valence-corrected chi connectivity index (χ4v) is 6.51. The van der Waals surface area contributed by atoms with Crippen molar-refractivity contribution < 1.29 is 19.7 Å². The van der Waals surface area contributed by atoms with Crippen molar-refractivity contribution in [2.24, 2.45) is 11.3 Å². The Bertz CT molecular complexity index is 715. The van der Waals surface area contributed by atoms with E-state index in [4.69, 9.17) is 16.3 Å². The van der Waals surface area contributed by atoms with Crippen molar-refractivity contribution in [3.63, 3.8) is 0 Å². The molecule has 0 spiro atoms. The zero-order chi connectivity index (χ0) is 23.1. The highest BCUT2D eigenvalue weighted by Crippen LogP contribution is 2.53. The van der Waals surface area contributed by atoms with E-state index in [1.165, 1.54) is 13.5 Å². The zero-order valence-corrected chi connectivity index (χ0v) is 20.5. The third-order valence-electron chi connectivity index (χ3n) is 8.02. The monoisotopic (exact) mass is 464 g/mol. The van der Waals surface area contributed by atoms with Crippen molar-refractivity contribution in [1.82, 2.24) is 0 Å². The molecule has 2 fully saturated rings. The first kappa shape index (κ1) is 25.5. The minimum Gasteiger partial charge on any atom is -0.469 e. The Kier molecular flexibility index (Phi) is 9.45. The van der Waals surface area contributed by atoms with Gasteiger partial charge in [-0.15, -0.1) is 11.6 Å². The van der Waals surface area contributed by atoms with Crippen molar-refractivity contribution in [3.8, 4) is 0 Å². The minimum absolute atomic E-state index is 0.0156. The quantitative estimate of drug-likeness (QED) is 0.217. The lowest BCUT2D eigenvalue weighted by Gasteiger charge is -2.46. The van der Waals surface area contributed by atoms with E-state index >= 15 is 0 Å². The molecule has 0 aliphatic heterocycles. The van der Waals surface area contributed by atoms with Gasteiger partial charge in [0.2, 0.25) is 0 Å². The van der Waals surface area contributed by atoms with Crippen LogP contribution in [0.2, 0.25) is 0 Å². The molecule has 4 nitrogen and oxygen atoms in total. The number of benzene rings is 1. The number of unbranched alkanes of at least 4 members (excludes halogenated alkanes) is 3. The number of esters is 1. The highest BCUT2D eigenvalue weighted by Gasteiger charge is 2.44. The fourth-order valence-electron chi connectivity index (χ4n) is 6.04. The Hall–Kier alpha value is -1.10. The number of rotatable bonds is 12. The van der Waals surface area contributed by atoms with Gasteiger partial charge in [0.25, 0.3) is 0 Å². The molecule has 0 bridgehead atoms. The topological polar surface area (TPSA) is 66.8 Å². The Labute approximate surface area is 198 Å². The van der Waals surface area contributed by atoms with Crippen LogP contribution in [0.4, 0.5) is 0 Å². The fraction of sp³-hybridized carbons (Fsp3) is 0.741. The van der Waals surface area contributed by atoms with Crippen LogP contribution < -0.4 is 0 Å². The molecule has 1 aromatic rings. The number of methoxy groups -OCH3 is 1. The van der Waals surface area contributed by atoms with Crippen LogP contribution in [0.5, 0.6) is 0 Å². The average Bonchev–Trinajstić information content (AvgIpc) is 3.05. The number of alkyl halides is 1. The molecule has 2 saturated carbocycles. The molecule has 0 heterocycles. The predicted molar refractivity (Wildman–Crippen MR) is 129 cm³/mol. The zero-order valence-electron chi connectivity index (χ0n) is 19.8. The number of ether oxygens (including phenoxy) is 1. The number of hydrogen-bond acceptors (Lipinski definition) is 4. The normalized spacial score (nSPS) is 27.7. The minimum atomic E-state index is -0.421. The Balaban J connectivity index is 1.58. The Morgan fingerprint density at radius 1 is 1.19 bits per heavy atom. The number of hydrogen-bond donors (Lipinski definition) is 2. The van der Waals surface area contributed by atoms with Gasteiger partial charge in [-0.1, -0.05) is 63.3 Å². The number of carbonyl (C=O) groups excluding carboxylic acids is 1. The van der Waals surface area contributed by atoms with Crippen LogP contribution in [0.25, 0.3) is 0 Å². The molecule has 3 rings (SSSR count). The number of aliphatic hydroxyl groups is 2. The van der Waals surface area contributed by atoms with Crippen molar-refractivity contribution in [2.75, 3.05) is 7.11 Å². The van der Waals surface area contributed by atoms with Gasteiger partial charge in [0.05, 0.1) is 19.3 Å². The summed E-state index contributed by atoms with van der Waals surface area (Å²) in [5.41, 5.74) is 2.19. The first-order valence-electron chi connectivity index (χ1n) is 12.6. The van der Waals surface area contributed by atoms with Gasteiger partial charge in [-0.3, -0.25) is 4.79 Å². The molecule has 2 aliphatic carbocycles. The van der Waals surface area contributed by atoms with Gasteiger partial charge in [0.1, 0.15) is 0 Å². The molecular weight excluding hydrogens is 424 g/mol. The van der Waals surface area contributed by atoms with Crippen LogP contribution in [0, 0.1) is 11.3 Å². The van der Waals surface area contributed by atoms with Gasteiger partial charge in [-0.25, -0.2) is 0 Å². The van der Waals surface area contributed by atoms with E-state index in [9.17, 15) is 15.0 Å². The van der Waals surface area contributed by atoms with E-state index in [2.05, 4.69) is 31.2 Å². The van der Waals surface area contributed by atoms with Crippen LogP contribution in [0.3, 0.4) is 0 Å². The summed E-state index contributed by atoms with van der Waals surface area (Å²) in [5, 5.41) is 21.8. The summed E-state index contributed by atoms with van der Waals surface area (Å²) < 4.78 is 4.69. The smallest absolute Gasteiger partial charge is 0.305 e. The molecule has 0 amide bonds. The molecular formula is C27H41ClO4. The Morgan fingerprint density at radius 3 is 2.47 bits per heavy atom. The SMILES string of the molecule is CCCC1(C(O)c2ccc([C@@H]3[C@@H](CCCCCCC(=O)OC)[C@@H](Cl)C[C@H]3O)cc2)CCC1. The van der Waals surface area contributed by atoms with Crippen molar-refractivity contribution in [2.45, 2.75) is 107 Å². The summed E-state index contributed by atoms with van der Waals surface area (Å²) in [6.45, 7) is 2.19. The highest BCUT2D eigenvalue weighted by atomic mass is 35.5. The van der Waals surface area contributed by atoms with Crippen molar-refractivity contribution in [3.05, 3.63) is 35.4 Å². The standard InChI is InChI=1S/C27H41ClO4/c1-3-15-27(16-8-17-27)26(31)20-13-11-19(12-14-20)25-21(22(28)18-23(25)29)9-6-4-5-7-10-24(30)32-2/h11-14,21-23,25-26,29,31H,3-10,15-18H2,1-2H3/t21-,22-,23+,25+,26?/m0/s1. The second kappa shape index (κ2) is 11.9. The summed E-state index contributed by atoms with van der Waals surface area (Å²) in [5.74, 6) is 0.157. The number of aliphatic hydroxyl groups excluding tert-OH is 2. The van der Waals surface area contributed by atoms with E-state index in [1.54, 1.807) is 0 Å². The van der Waals surface area contributed by atoms with E-state index in [0.717, 1.165) is 68.9 Å². The summed E-state index contributed by atoms with van der Waals surface area (Å²) >= 11 is 6.66. The molecule has 2 N–H and O–H groups in total. The third kappa shape index (κ3) is 5.87. The van der Waals surface area contributed by atoms with Crippen molar-refractivity contribution in [1.29, 1.82) is 0 Å². The van der Waals surface area contributed by atoms with E-state index in [0.29, 0.717) is 12.8 Å². The van der Waals surface area contributed by atoms with E-state index in [1.807, 2.05) is 0 Å². The van der Waals surface area contributed by atoms with Crippen LogP contribution in [-0.2, 0) is 9.53 Å². The lowest BCUT2D eigenvalue weighted by atomic mass is 9.61. The van der Waals surface area contributed by atoms with Crippen LogP contribution in [0.15, 0.2) is 24.3 Å². The van der Waals surface area contributed by atoms with Gasteiger partial charge in [0, 0.05) is 23.1 Å².